The number of piperazine rings is 1. The van der Waals surface area contributed by atoms with Gasteiger partial charge in [0.15, 0.2) is 0 Å². The van der Waals surface area contributed by atoms with Gasteiger partial charge in [-0.1, -0.05) is 34.1 Å². The molecular formula is C21H24BrN3O3S. The number of anilines is 1. The van der Waals surface area contributed by atoms with Gasteiger partial charge in [-0.2, -0.15) is 4.31 Å². The average Bonchev–Trinajstić information content (AvgIpc) is 3.25. The third-order valence-corrected chi connectivity index (χ3v) is 8.07. The highest BCUT2D eigenvalue weighted by molar-refractivity contribution is 9.10. The highest BCUT2D eigenvalue weighted by Gasteiger charge is 2.41. The molecule has 4 rings (SSSR count). The van der Waals surface area contributed by atoms with Gasteiger partial charge >= 0.3 is 0 Å². The Morgan fingerprint density at radius 2 is 1.55 bits per heavy atom. The van der Waals surface area contributed by atoms with E-state index in [4.69, 9.17) is 0 Å². The summed E-state index contributed by atoms with van der Waals surface area (Å²) in [6.07, 6.45) is 1.28. The van der Waals surface area contributed by atoms with Gasteiger partial charge in [-0.15, -0.1) is 0 Å². The van der Waals surface area contributed by atoms with E-state index < -0.39 is 16.1 Å². The molecule has 2 fully saturated rings. The lowest BCUT2D eigenvalue weighted by atomic mass is 10.1. The Bertz CT molecular complexity index is 958. The van der Waals surface area contributed by atoms with Gasteiger partial charge in [-0.05, 0) is 49.2 Å². The summed E-state index contributed by atoms with van der Waals surface area (Å²) in [5, 5.41) is 0. The summed E-state index contributed by atoms with van der Waals surface area (Å²) in [6, 6.07) is 16.1. The highest BCUT2D eigenvalue weighted by Crippen LogP contribution is 2.28. The molecule has 0 aromatic heterocycles. The lowest BCUT2D eigenvalue weighted by molar-refractivity contribution is -0.134. The SMILES string of the molecule is O=C(C1CCCN1S(=O)(=O)c1ccc(Br)cc1)N1CCN(c2ccccc2)CC1. The van der Waals surface area contributed by atoms with Crippen molar-refractivity contribution in [3.05, 3.63) is 59.1 Å². The lowest BCUT2D eigenvalue weighted by Crippen LogP contribution is -2.54. The number of rotatable bonds is 4. The third-order valence-electron chi connectivity index (χ3n) is 5.62. The quantitative estimate of drug-likeness (QED) is 0.678. The van der Waals surface area contributed by atoms with Crippen LogP contribution >= 0.6 is 15.9 Å². The molecule has 1 amide bonds. The van der Waals surface area contributed by atoms with E-state index in [0.717, 1.165) is 23.2 Å². The van der Waals surface area contributed by atoms with Crippen LogP contribution < -0.4 is 4.90 Å². The van der Waals surface area contributed by atoms with Crippen LogP contribution in [0.1, 0.15) is 12.8 Å². The van der Waals surface area contributed by atoms with Gasteiger partial charge in [0.1, 0.15) is 6.04 Å². The molecule has 154 valence electrons. The zero-order chi connectivity index (χ0) is 20.4. The molecule has 1 unspecified atom stereocenters. The first-order valence-corrected chi connectivity index (χ1v) is 12.1. The summed E-state index contributed by atoms with van der Waals surface area (Å²) in [5.41, 5.74) is 1.15. The van der Waals surface area contributed by atoms with E-state index in [9.17, 15) is 13.2 Å². The van der Waals surface area contributed by atoms with E-state index in [1.807, 2.05) is 23.1 Å². The van der Waals surface area contributed by atoms with Crippen LogP contribution in [-0.2, 0) is 14.8 Å². The van der Waals surface area contributed by atoms with Crippen LogP contribution in [0.25, 0.3) is 0 Å². The van der Waals surface area contributed by atoms with Crippen molar-refractivity contribution in [3.8, 4) is 0 Å². The maximum Gasteiger partial charge on any atom is 0.243 e. The molecule has 0 radical (unpaired) electrons. The Morgan fingerprint density at radius 1 is 0.897 bits per heavy atom. The molecule has 0 aliphatic carbocycles. The fraction of sp³-hybridized carbons (Fsp3) is 0.381. The number of hydrogen-bond donors (Lipinski definition) is 0. The van der Waals surface area contributed by atoms with E-state index in [1.54, 1.807) is 24.3 Å². The van der Waals surface area contributed by atoms with Crippen molar-refractivity contribution in [1.82, 2.24) is 9.21 Å². The Labute approximate surface area is 180 Å². The number of halogens is 1. The fourth-order valence-corrected chi connectivity index (χ4v) is 5.97. The predicted molar refractivity (Wildman–Crippen MR) is 116 cm³/mol. The van der Waals surface area contributed by atoms with E-state index >= 15 is 0 Å². The summed E-state index contributed by atoms with van der Waals surface area (Å²) >= 11 is 3.33. The van der Waals surface area contributed by atoms with E-state index in [2.05, 4.69) is 33.0 Å². The zero-order valence-corrected chi connectivity index (χ0v) is 18.5. The van der Waals surface area contributed by atoms with Crippen molar-refractivity contribution in [2.75, 3.05) is 37.6 Å². The zero-order valence-electron chi connectivity index (χ0n) is 16.1. The minimum atomic E-state index is -3.69. The monoisotopic (exact) mass is 477 g/mol. The number of amides is 1. The van der Waals surface area contributed by atoms with Gasteiger partial charge in [0, 0.05) is 42.9 Å². The van der Waals surface area contributed by atoms with Crippen LogP contribution in [0, 0.1) is 0 Å². The summed E-state index contributed by atoms with van der Waals surface area (Å²) < 4.78 is 28.4. The molecule has 2 aliphatic heterocycles. The van der Waals surface area contributed by atoms with Gasteiger partial charge in [-0.25, -0.2) is 8.42 Å². The van der Waals surface area contributed by atoms with Gasteiger partial charge in [-0.3, -0.25) is 4.79 Å². The molecule has 6 nitrogen and oxygen atoms in total. The molecule has 0 saturated carbocycles. The summed E-state index contributed by atoms with van der Waals surface area (Å²) in [5.74, 6) is -0.0732. The van der Waals surface area contributed by atoms with Crippen LogP contribution in [0.2, 0.25) is 0 Å². The molecule has 8 heteroatoms. The van der Waals surface area contributed by atoms with Gasteiger partial charge in [0.25, 0.3) is 0 Å². The standard InChI is InChI=1S/C21H24BrN3O3S/c22-17-8-10-19(11-9-17)29(27,28)25-12-4-7-20(25)21(26)24-15-13-23(14-16-24)18-5-2-1-3-6-18/h1-3,5-6,8-11,20H,4,7,12-16H2. The van der Waals surface area contributed by atoms with Crippen molar-refractivity contribution in [2.24, 2.45) is 0 Å². The molecule has 2 aromatic carbocycles. The molecule has 29 heavy (non-hydrogen) atoms. The smallest absolute Gasteiger partial charge is 0.243 e. The molecule has 2 aliphatic rings. The second kappa shape index (κ2) is 8.45. The van der Waals surface area contributed by atoms with Crippen molar-refractivity contribution in [3.63, 3.8) is 0 Å². The first kappa shape index (κ1) is 20.4. The van der Waals surface area contributed by atoms with Gasteiger partial charge < -0.3 is 9.80 Å². The molecule has 2 saturated heterocycles. The minimum absolute atomic E-state index is 0.0732. The number of hydrogen-bond acceptors (Lipinski definition) is 4. The topological polar surface area (TPSA) is 60.9 Å². The normalized spacial score (nSPS) is 20.8. The molecular weight excluding hydrogens is 454 g/mol. The van der Waals surface area contributed by atoms with E-state index in [1.165, 1.54) is 4.31 Å². The van der Waals surface area contributed by atoms with Crippen LogP contribution in [0.5, 0.6) is 0 Å². The van der Waals surface area contributed by atoms with Crippen molar-refractivity contribution in [1.29, 1.82) is 0 Å². The molecule has 2 heterocycles. The number of carbonyl (C=O) groups is 1. The molecule has 0 spiro atoms. The summed E-state index contributed by atoms with van der Waals surface area (Å²) in [4.78, 5) is 17.5. The number of nitrogens with zero attached hydrogens (tertiary/aromatic N) is 3. The van der Waals surface area contributed by atoms with E-state index in [0.29, 0.717) is 32.5 Å². The van der Waals surface area contributed by atoms with Crippen LogP contribution in [0.3, 0.4) is 0 Å². The van der Waals surface area contributed by atoms with Gasteiger partial charge in [0.2, 0.25) is 15.9 Å². The molecule has 0 N–H and O–H groups in total. The largest absolute Gasteiger partial charge is 0.368 e. The average molecular weight is 478 g/mol. The third kappa shape index (κ3) is 4.20. The van der Waals surface area contributed by atoms with Crippen LogP contribution in [0.4, 0.5) is 5.69 Å². The fourth-order valence-electron chi connectivity index (χ4n) is 4.05. The van der Waals surface area contributed by atoms with Crippen molar-refractivity contribution >= 4 is 37.5 Å². The maximum atomic E-state index is 13.2. The Kier molecular flexibility index (Phi) is 5.94. The Morgan fingerprint density at radius 3 is 2.21 bits per heavy atom. The van der Waals surface area contributed by atoms with Crippen molar-refractivity contribution < 1.29 is 13.2 Å². The lowest BCUT2D eigenvalue weighted by Gasteiger charge is -2.38. The number of sulfonamides is 1. The molecule has 0 bridgehead atoms. The number of para-hydroxylation sites is 1. The second-order valence-corrected chi connectivity index (χ2v) is 10.2. The highest BCUT2D eigenvalue weighted by atomic mass is 79.9. The summed E-state index contributed by atoms with van der Waals surface area (Å²) in [6.45, 7) is 3.11. The second-order valence-electron chi connectivity index (χ2n) is 7.38. The summed E-state index contributed by atoms with van der Waals surface area (Å²) in [7, 11) is -3.69. The number of benzene rings is 2. The van der Waals surface area contributed by atoms with Crippen LogP contribution in [-0.4, -0.2) is 62.3 Å². The maximum absolute atomic E-state index is 13.2. The first-order chi connectivity index (χ1) is 14.0. The number of carbonyl (C=O) groups excluding carboxylic acids is 1. The van der Waals surface area contributed by atoms with Gasteiger partial charge in [0.05, 0.1) is 4.90 Å². The van der Waals surface area contributed by atoms with Crippen molar-refractivity contribution in [2.45, 2.75) is 23.8 Å². The van der Waals surface area contributed by atoms with E-state index in [-0.39, 0.29) is 10.8 Å². The molecule has 2 aromatic rings. The minimum Gasteiger partial charge on any atom is -0.368 e. The first-order valence-electron chi connectivity index (χ1n) is 9.83. The predicted octanol–water partition coefficient (Wildman–Crippen LogP) is 2.95. The molecule has 1 atom stereocenters. The Balaban J connectivity index is 1.45. The van der Waals surface area contributed by atoms with Crippen LogP contribution in [0.15, 0.2) is 64.0 Å². The Hall–Kier alpha value is -1.90.